The molecule has 2 aliphatic rings. The third kappa shape index (κ3) is 27.9. The maximum absolute atomic E-state index is 14.7. The van der Waals surface area contributed by atoms with Gasteiger partial charge in [-0.3, -0.25) is 28.5 Å². The Balaban J connectivity index is 0.959. The molecule has 0 unspecified atom stereocenters. The first-order valence-corrected chi connectivity index (χ1v) is 32.1. The van der Waals surface area contributed by atoms with Crippen molar-refractivity contribution >= 4 is 35.1 Å². The van der Waals surface area contributed by atoms with E-state index in [4.69, 9.17) is 52.1 Å². The number of aromatic nitrogens is 3. The summed E-state index contributed by atoms with van der Waals surface area (Å²) in [5, 5.41) is 14.5. The molecule has 2 amide bonds. The molecule has 0 saturated carbocycles. The third-order valence-electron chi connectivity index (χ3n) is 15.7. The number of hydrogen-bond acceptors (Lipinski definition) is 19. The minimum atomic E-state index is -0.953. The highest BCUT2D eigenvalue weighted by Crippen LogP contribution is 2.30. The molecule has 3 aromatic carbocycles. The molecular formula is C68H99N6O17+. The van der Waals surface area contributed by atoms with Crippen molar-refractivity contribution in [3.8, 4) is 11.3 Å². The largest absolute Gasteiger partial charge is 0.411 e. The number of hydrogen-bond donors (Lipinski definition) is 2. The number of quaternary nitrogens is 1. The molecule has 5 atom stereocenters. The number of nitrogens with zero attached hydrogens (tertiary/aromatic N) is 4. The molecule has 23 nitrogen and oxygen atoms in total. The SMILES string of the molecule is COCCOCCOCCOCCOCCOCCOCCOCn1cc(-c2ccc(C(=O)OC[N+]3(CC(=O)C[C@@H](CCc4ccccc4)C(=O)N[C@@H](CC(C)C)C(=O)C[C@@H](Cc4ccccc4)C(=O)N[C@@H](CC(C)C)C(=O)[C@@]4(C)CO4)CCOCC3)cc2)nn1. The zero-order valence-electron chi connectivity index (χ0n) is 54.4. The van der Waals surface area contributed by atoms with Crippen LogP contribution in [0.3, 0.4) is 0 Å². The maximum atomic E-state index is 14.7. The fraction of sp³-hybridized carbons (Fsp3) is 0.618. The van der Waals surface area contributed by atoms with Crippen LogP contribution in [0.2, 0.25) is 0 Å². The first-order chi connectivity index (χ1) is 44.0. The normalized spacial score (nSPS) is 16.7. The summed E-state index contributed by atoms with van der Waals surface area (Å²) in [7, 11) is 1.63. The molecule has 2 N–H and O–H groups in total. The lowest BCUT2D eigenvalue weighted by Gasteiger charge is -2.39. The summed E-state index contributed by atoms with van der Waals surface area (Å²) in [6, 6.07) is 24.2. The van der Waals surface area contributed by atoms with E-state index in [0.717, 1.165) is 16.7 Å². The molecule has 91 heavy (non-hydrogen) atoms. The number of benzene rings is 3. The summed E-state index contributed by atoms with van der Waals surface area (Å²) in [6.07, 6.45) is 3.21. The van der Waals surface area contributed by atoms with Crippen molar-refractivity contribution in [1.29, 1.82) is 0 Å². The molecule has 2 aliphatic heterocycles. The zero-order valence-corrected chi connectivity index (χ0v) is 54.4. The second-order valence-electron chi connectivity index (χ2n) is 24.3. The number of carbonyl (C=O) groups excluding carboxylic acids is 6. The first kappa shape index (κ1) is 73.8. The van der Waals surface area contributed by atoms with Gasteiger partial charge in [0.1, 0.15) is 37.7 Å². The molecule has 2 fully saturated rings. The molecule has 0 bridgehead atoms. The predicted molar refractivity (Wildman–Crippen MR) is 337 cm³/mol. The van der Waals surface area contributed by atoms with Crippen LogP contribution in [0.1, 0.15) is 88.2 Å². The highest BCUT2D eigenvalue weighted by molar-refractivity contribution is 5.98. The Morgan fingerprint density at radius 3 is 1.67 bits per heavy atom. The van der Waals surface area contributed by atoms with Gasteiger partial charge < -0.3 is 62.7 Å². The molecule has 23 heteroatoms. The summed E-state index contributed by atoms with van der Waals surface area (Å²) in [4.78, 5) is 85.3. The number of rotatable bonds is 49. The van der Waals surface area contributed by atoms with Crippen molar-refractivity contribution in [1.82, 2.24) is 25.6 Å². The van der Waals surface area contributed by atoms with Crippen LogP contribution in [0.4, 0.5) is 0 Å². The van der Waals surface area contributed by atoms with Crippen molar-refractivity contribution in [2.75, 3.05) is 146 Å². The van der Waals surface area contributed by atoms with Crippen LogP contribution >= 0.6 is 0 Å². The Morgan fingerprint density at radius 1 is 0.626 bits per heavy atom. The lowest BCUT2D eigenvalue weighted by atomic mass is 9.87. The van der Waals surface area contributed by atoms with Gasteiger partial charge in [-0.2, -0.15) is 0 Å². The van der Waals surface area contributed by atoms with Gasteiger partial charge in [0.25, 0.3) is 0 Å². The Hall–Kier alpha value is -6.22. The maximum Gasteiger partial charge on any atom is 0.342 e. The molecule has 0 aliphatic carbocycles. The summed E-state index contributed by atoms with van der Waals surface area (Å²) < 4.78 is 62.4. The monoisotopic (exact) mass is 1270 g/mol. The Bertz CT molecular complexity index is 2760. The van der Waals surface area contributed by atoms with Gasteiger partial charge in [-0.1, -0.05) is 106 Å². The Labute approximate surface area is 536 Å². The topological polar surface area (TPSA) is 262 Å². The zero-order chi connectivity index (χ0) is 65.1. The van der Waals surface area contributed by atoms with Crippen LogP contribution < -0.4 is 10.6 Å². The van der Waals surface area contributed by atoms with E-state index >= 15 is 0 Å². The van der Waals surface area contributed by atoms with Crippen LogP contribution in [0, 0.1) is 23.7 Å². The highest BCUT2D eigenvalue weighted by Gasteiger charge is 2.50. The summed E-state index contributed by atoms with van der Waals surface area (Å²) in [6.45, 7) is 18.0. The number of carbonyl (C=O) groups is 6. The highest BCUT2D eigenvalue weighted by atomic mass is 16.6. The molecule has 0 spiro atoms. The van der Waals surface area contributed by atoms with E-state index in [9.17, 15) is 28.8 Å². The van der Waals surface area contributed by atoms with Crippen molar-refractivity contribution in [3.05, 3.63) is 108 Å². The van der Waals surface area contributed by atoms with E-state index in [-0.39, 0.29) is 79.5 Å². The molecule has 6 rings (SSSR count). The average molecular weight is 1270 g/mol. The van der Waals surface area contributed by atoms with E-state index in [1.54, 1.807) is 49.2 Å². The van der Waals surface area contributed by atoms with Crippen molar-refractivity contribution < 1.29 is 85.4 Å². The van der Waals surface area contributed by atoms with Crippen LogP contribution in [-0.4, -0.2) is 218 Å². The number of amides is 2. The summed E-state index contributed by atoms with van der Waals surface area (Å²) in [5.74, 6) is -3.70. The predicted octanol–water partition coefficient (Wildman–Crippen LogP) is 6.07. The fourth-order valence-corrected chi connectivity index (χ4v) is 10.4. The lowest BCUT2D eigenvalue weighted by Crippen LogP contribution is -2.59. The lowest BCUT2D eigenvalue weighted by molar-refractivity contribution is -0.943. The van der Waals surface area contributed by atoms with E-state index in [2.05, 4.69) is 20.9 Å². The van der Waals surface area contributed by atoms with Crippen LogP contribution in [0.15, 0.2) is 91.1 Å². The quantitative estimate of drug-likeness (QED) is 0.0220. The number of nitrogens with one attached hydrogen (secondary N) is 2. The number of aryl methyl sites for hydroxylation is 1. The van der Waals surface area contributed by atoms with Crippen molar-refractivity contribution in [2.24, 2.45) is 23.7 Å². The van der Waals surface area contributed by atoms with E-state index in [0.29, 0.717) is 156 Å². The molecule has 3 heterocycles. The van der Waals surface area contributed by atoms with Crippen LogP contribution in [0.25, 0.3) is 11.3 Å². The Kier molecular flexibility index (Phi) is 33.0. The number of morpholine rings is 1. The molecule has 2 saturated heterocycles. The van der Waals surface area contributed by atoms with Gasteiger partial charge in [-0.15, -0.1) is 5.10 Å². The summed E-state index contributed by atoms with van der Waals surface area (Å²) in [5.41, 5.74) is 2.50. The van der Waals surface area contributed by atoms with Crippen molar-refractivity contribution in [2.45, 2.75) is 104 Å². The van der Waals surface area contributed by atoms with Gasteiger partial charge in [-0.25, -0.2) is 9.48 Å². The Morgan fingerprint density at radius 2 is 1.13 bits per heavy atom. The number of ether oxygens (including phenoxy) is 11. The molecule has 502 valence electrons. The minimum Gasteiger partial charge on any atom is -0.411 e. The standard InChI is InChI=1S/C68H98N6O17/c1-51(2)41-60(63(76)45-58(43-54-15-11-8-12-16-54)66(79)70-61(42-52(3)4)64(77)68(5)48-91-68)69-65(78)57(18-17-53-13-9-7-10-14-53)44-59(75)47-74(23-25-82-26-24-74)50-90-67(80)56-21-19-55(20-22-56)62-46-73(72-71-62)49-89-40-39-88-38-37-87-36-35-86-34-33-85-32-31-84-30-29-83-28-27-81-6/h7-16,19-22,46,51-52,57-58,60-61H,17-18,23-45,47-50H2,1-6H3,(H-,69,70,78,79)/p+1/t57-,58-,60+,61+,68-/m1/s1. The smallest absolute Gasteiger partial charge is 0.342 e. The molecule has 4 aromatic rings. The molecule has 1 aromatic heterocycles. The van der Waals surface area contributed by atoms with Gasteiger partial charge in [-0.05, 0) is 74.1 Å². The number of ketones is 3. The van der Waals surface area contributed by atoms with E-state index < -0.39 is 47.3 Å². The van der Waals surface area contributed by atoms with Gasteiger partial charge >= 0.3 is 5.97 Å². The summed E-state index contributed by atoms with van der Waals surface area (Å²) >= 11 is 0. The van der Waals surface area contributed by atoms with Crippen LogP contribution in [0.5, 0.6) is 0 Å². The van der Waals surface area contributed by atoms with Crippen LogP contribution in [-0.2, 0) is 95.7 Å². The van der Waals surface area contributed by atoms with Gasteiger partial charge in [0.15, 0.2) is 17.3 Å². The number of esters is 1. The molecule has 0 radical (unpaired) electrons. The fourth-order valence-electron chi connectivity index (χ4n) is 10.4. The molecular weight excluding hydrogens is 1170 g/mol. The third-order valence-corrected chi connectivity index (χ3v) is 15.7. The first-order valence-electron chi connectivity index (χ1n) is 32.1. The number of epoxide rings is 1. The number of methoxy groups -OCH3 is 1. The van der Waals surface area contributed by atoms with E-state index in [1.165, 1.54) is 0 Å². The number of Topliss-reactive ketones (excluding diaryl/α,β-unsaturated/α-hetero) is 3. The van der Waals surface area contributed by atoms with Crippen molar-refractivity contribution in [3.63, 3.8) is 0 Å². The van der Waals surface area contributed by atoms with Gasteiger partial charge in [0.05, 0.1) is 136 Å². The van der Waals surface area contributed by atoms with E-state index in [1.807, 2.05) is 88.4 Å². The second-order valence-corrected chi connectivity index (χ2v) is 24.3. The van der Waals surface area contributed by atoms with Gasteiger partial charge in [0.2, 0.25) is 18.5 Å². The second kappa shape index (κ2) is 40.7. The van der Waals surface area contributed by atoms with Gasteiger partial charge in [0, 0.05) is 37.4 Å². The minimum absolute atomic E-state index is 0.0108. The average Bonchev–Trinajstić information content (AvgIpc) is 1.73.